The van der Waals surface area contributed by atoms with Crippen molar-refractivity contribution in [1.29, 1.82) is 0 Å². The third kappa shape index (κ3) is 5.26. The van der Waals surface area contributed by atoms with Gasteiger partial charge in [-0.15, -0.1) is 10.2 Å². The van der Waals surface area contributed by atoms with Crippen molar-refractivity contribution in [3.05, 3.63) is 65.8 Å². The summed E-state index contributed by atoms with van der Waals surface area (Å²) in [6.45, 7) is 1.68. The van der Waals surface area contributed by atoms with E-state index >= 15 is 0 Å². The summed E-state index contributed by atoms with van der Waals surface area (Å²) in [4.78, 5) is 11.9. The van der Waals surface area contributed by atoms with Crippen LogP contribution >= 0.6 is 11.8 Å². The molecule has 1 atom stereocenters. The summed E-state index contributed by atoms with van der Waals surface area (Å²) in [5.41, 5.74) is -0.125. The molecule has 0 spiro atoms. The van der Waals surface area contributed by atoms with Gasteiger partial charge in [-0.3, -0.25) is 4.79 Å². The van der Waals surface area contributed by atoms with Gasteiger partial charge in [-0.1, -0.05) is 11.8 Å². The Hall–Kier alpha value is -3.01. The third-order valence-electron chi connectivity index (χ3n) is 3.43. The van der Waals surface area contributed by atoms with Gasteiger partial charge in [0.25, 0.3) is 11.1 Å². The second kappa shape index (κ2) is 8.79. The number of rotatable bonds is 7. The van der Waals surface area contributed by atoms with E-state index < -0.39 is 23.6 Å². The minimum atomic E-state index is -0.870. The molecule has 0 saturated carbocycles. The number of benzene rings is 2. The molecule has 28 heavy (non-hydrogen) atoms. The summed E-state index contributed by atoms with van der Waals surface area (Å²) in [6.07, 6.45) is -0.588. The molecule has 1 amide bonds. The van der Waals surface area contributed by atoms with Gasteiger partial charge in [-0.25, -0.2) is 13.2 Å². The maximum Gasteiger partial charge on any atom is 0.277 e. The molecule has 3 aromatic rings. The first kappa shape index (κ1) is 19.7. The first-order valence-electron chi connectivity index (χ1n) is 8.04. The van der Waals surface area contributed by atoms with Crippen molar-refractivity contribution in [2.24, 2.45) is 0 Å². The van der Waals surface area contributed by atoms with Crippen LogP contribution in [0.1, 0.15) is 18.9 Å². The number of anilines is 1. The molecule has 1 aromatic heterocycles. The van der Waals surface area contributed by atoms with Crippen LogP contribution in [0.5, 0.6) is 5.75 Å². The number of aromatic nitrogens is 2. The Bertz CT molecular complexity index is 966. The zero-order valence-electron chi connectivity index (χ0n) is 14.5. The lowest BCUT2D eigenvalue weighted by atomic mass is 10.3. The standard InChI is InChI=1S/C18H14F3N3O3S/c1-10(26-13-5-2-11(19)3-6-13)17-23-24-18(27-17)28-9-16(25)22-15-7-4-12(20)8-14(15)21/h2-8,10H,9H2,1H3,(H,22,25). The summed E-state index contributed by atoms with van der Waals surface area (Å²) in [5.74, 6) is -2.02. The largest absolute Gasteiger partial charge is 0.481 e. The number of ether oxygens (including phenoxy) is 1. The molecule has 0 radical (unpaired) electrons. The Balaban J connectivity index is 1.52. The normalized spacial score (nSPS) is 11.9. The van der Waals surface area contributed by atoms with E-state index in [2.05, 4.69) is 15.5 Å². The molecule has 146 valence electrons. The van der Waals surface area contributed by atoms with Crippen molar-refractivity contribution < 1.29 is 27.1 Å². The third-order valence-corrected chi connectivity index (χ3v) is 4.25. The zero-order chi connectivity index (χ0) is 20.1. The molecule has 0 saturated heterocycles. The second-order valence-electron chi connectivity index (χ2n) is 5.58. The molecule has 0 aliphatic rings. The quantitative estimate of drug-likeness (QED) is 0.585. The molecule has 0 fully saturated rings. The fraction of sp³-hybridized carbons (Fsp3) is 0.167. The molecule has 1 unspecified atom stereocenters. The molecule has 10 heteroatoms. The monoisotopic (exact) mass is 409 g/mol. The van der Waals surface area contributed by atoms with E-state index in [1.807, 2.05) is 0 Å². The first-order chi connectivity index (χ1) is 13.4. The van der Waals surface area contributed by atoms with Crippen LogP contribution in [0.4, 0.5) is 18.9 Å². The SMILES string of the molecule is CC(Oc1ccc(F)cc1)c1nnc(SCC(=O)Nc2ccc(F)cc2F)o1. The van der Waals surface area contributed by atoms with Crippen molar-refractivity contribution >= 4 is 23.4 Å². The predicted molar refractivity (Wildman–Crippen MR) is 95.5 cm³/mol. The van der Waals surface area contributed by atoms with E-state index in [9.17, 15) is 18.0 Å². The fourth-order valence-corrected chi connectivity index (χ4v) is 2.68. The van der Waals surface area contributed by atoms with Gasteiger partial charge in [0.15, 0.2) is 6.10 Å². The number of nitrogens with one attached hydrogen (secondary N) is 1. The number of carbonyl (C=O) groups excluding carboxylic acids is 1. The molecule has 1 N–H and O–H groups in total. The number of nitrogens with zero attached hydrogens (tertiary/aromatic N) is 2. The van der Waals surface area contributed by atoms with Gasteiger partial charge >= 0.3 is 0 Å². The highest BCUT2D eigenvalue weighted by atomic mass is 32.2. The maximum atomic E-state index is 13.5. The van der Waals surface area contributed by atoms with Gasteiger partial charge in [0.05, 0.1) is 11.4 Å². The average molecular weight is 409 g/mol. The molecule has 0 aliphatic heterocycles. The number of amides is 1. The predicted octanol–water partition coefficient (Wildman–Crippen LogP) is 4.36. The summed E-state index contributed by atoms with van der Waals surface area (Å²) < 4.78 is 50.3. The summed E-state index contributed by atoms with van der Waals surface area (Å²) in [7, 11) is 0. The van der Waals surface area contributed by atoms with Gasteiger partial charge in [0.1, 0.15) is 23.2 Å². The van der Waals surface area contributed by atoms with Crippen LogP contribution < -0.4 is 10.1 Å². The average Bonchev–Trinajstić information content (AvgIpc) is 3.13. The summed E-state index contributed by atoms with van der Waals surface area (Å²) >= 11 is 0.949. The molecule has 0 bridgehead atoms. The van der Waals surface area contributed by atoms with Crippen LogP contribution in [0.25, 0.3) is 0 Å². The van der Waals surface area contributed by atoms with Gasteiger partial charge in [-0.05, 0) is 43.3 Å². The number of thioether (sulfide) groups is 1. The van der Waals surface area contributed by atoms with Crippen LogP contribution in [-0.2, 0) is 4.79 Å². The van der Waals surface area contributed by atoms with Crippen molar-refractivity contribution in [2.75, 3.05) is 11.1 Å². The van der Waals surface area contributed by atoms with Crippen LogP contribution in [0.15, 0.2) is 52.1 Å². The molecule has 2 aromatic carbocycles. The first-order valence-corrected chi connectivity index (χ1v) is 9.02. The van der Waals surface area contributed by atoms with E-state index in [0.29, 0.717) is 11.8 Å². The molecule has 0 aliphatic carbocycles. The topological polar surface area (TPSA) is 77.2 Å². The van der Waals surface area contributed by atoms with Gasteiger partial charge < -0.3 is 14.5 Å². The lowest BCUT2D eigenvalue weighted by molar-refractivity contribution is -0.113. The van der Waals surface area contributed by atoms with Gasteiger partial charge in [0, 0.05) is 6.07 Å². The highest BCUT2D eigenvalue weighted by molar-refractivity contribution is 7.99. The van der Waals surface area contributed by atoms with E-state index in [1.165, 1.54) is 24.3 Å². The Morgan fingerprint density at radius 1 is 1.14 bits per heavy atom. The van der Waals surface area contributed by atoms with E-state index in [-0.39, 0.29) is 28.4 Å². The van der Waals surface area contributed by atoms with Gasteiger partial charge in [-0.2, -0.15) is 0 Å². The number of hydrogen-bond acceptors (Lipinski definition) is 6. The summed E-state index contributed by atoms with van der Waals surface area (Å²) in [5, 5.41) is 10.1. The molecular weight excluding hydrogens is 395 g/mol. The van der Waals surface area contributed by atoms with E-state index in [1.54, 1.807) is 6.92 Å². The summed E-state index contributed by atoms with van der Waals surface area (Å²) in [6, 6.07) is 8.31. The highest BCUT2D eigenvalue weighted by Crippen LogP contribution is 2.24. The Morgan fingerprint density at radius 2 is 1.86 bits per heavy atom. The second-order valence-corrected chi connectivity index (χ2v) is 6.51. The van der Waals surface area contributed by atoms with Gasteiger partial charge in [0.2, 0.25) is 5.91 Å². The molecule has 1 heterocycles. The smallest absolute Gasteiger partial charge is 0.277 e. The van der Waals surface area contributed by atoms with Crippen LogP contribution in [0.2, 0.25) is 0 Å². The van der Waals surface area contributed by atoms with E-state index in [0.717, 1.165) is 23.9 Å². The van der Waals surface area contributed by atoms with Crippen molar-refractivity contribution in [3.63, 3.8) is 0 Å². The molecular formula is C18H14F3N3O3S. The Kier molecular flexibility index (Phi) is 6.19. The molecule has 3 rings (SSSR count). The Labute approximate surface area is 162 Å². The Morgan fingerprint density at radius 3 is 2.57 bits per heavy atom. The lowest BCUT2D eigenvalue weighted by Crippen LogP contribution is -2.15. The minimum Gasteiger partial charge on any atom is -0.481 e. The van der Waals surface area contributed by atoms with Crippen LogP contribution in [-0.4, -0.2) is 21.9 Å². The number of halogens is 3. The maximum absolute atomic E-state index is 13.5. The van der Waals surface area contributed by atoms with Crippen molar-refractivity contribution in [1.82, 2.24) is 10.2 Å². The van der Waals surface area contributed by atoms with Crippen LogP contribution in [0, 0.1) is 17.5 Å². The minimum absolute atomic E-state index is 0.119. The fourth-order valence-electron chi connectivity index (χ4n) is 2.12. The highest BCUT2D eigenvalue weighted by Gasteiger charge is 2.17. The zero-order valence-corrected chi connectivity index (χ0v) is 15.3. The van der Waals surface area contributed by atoms with Crippen LogP contribution in [0.3, 0.4) is 0 Å². The lowest BCUT2D eigenvalue weighted by Gasteiger charge is -2.10. The van der Waals surface area contributed by atoms with Crippen molar-refractivity contribution in [2.45, 2.75) is 18.3 Å². The molecule has 6 nitrogen and oxygen atoms in total. The van der Waals surface area contributed by atoms with E-state index in [4.69, 9.17) is 9.15 Å². The number of carbonyl (C=O) groups is 1. The number of hydrogen-bond donors (Lipinski definition) is 1. The van der Waals surface area contributed by atoms with Crippen molar-refractivity contribution in [3.8, 4) is 5.75 Å².